The number of nitro groups is 1. The van der Waals surface area contributed by atoms with Crippen LogP contribution < -0.4 is 5.32 Å². The number of hydrogen-bond acceptors (Lipinski definition) is 6. The molecule has 166 valence electrons. The molecule has 0 aliphatic heterocycles. The summed E-state index contributed by atoms with van der Waals surface area (Å²) in [5, 5.41) is 12.4. The van der Waals surface area contributed by atoms with Crippen molar-refractivity contribution in [1.29, 1.82) is 0 Å². The smallest absolute Gasteiger partial charge is 0.433 e. The SMILES string of the molecule is O=C(OC(C(=O)Nc1ccc(Cl)c(C(F)(F)F)c1)c1ccccc1)c1ccc([N+](=O)[O-])o1. The second kappa shape index (κ2) is 9.10. The first-order valence-electron chi connectivity index (χ1n) is 8.74. The number of carbonyl (C=O) groups excluding carboxylic acids is 2. The van der Waals surface area contributed by atoms with E-state index >= 15 is 0 Å². The van der Waals surface area contributed by atoms with Crippen LogP contribution in [0, 0.1) is 10.1 Å². The molecular weight excluding hydrogens is 457 g/mol. The number of hydrogen-bond donors (Lipinski definition) is 1. The van der Waals surface area contributed by atoms with E-state index in [1.165, 1.54) is 12.1 Å². The fourth-order valence-corrected chi connectivity index (χ4v) is 2.85. The van der Waals surface area contributed by atoms with Crippen molar-refractivity contribution in [2.75, 3.05) is 5.32 Å². The summed E-state index contributed by atoms with van der Waals surface area (Å²) in [6.07, 6.45) is -6.35. The summed E-state index contributed by atoms with van der Waals surface area (Å²) in [5.41, 5.74) is -1.20. The Labute approximate surface area is 182 Å². The standard InChI is InChI=1S/C20H12ClF3N2O6/c21-14-7-6-12(10-13(14)20(22,23)24)25-18(27)17(11-4-2-1-3-5-11)32-19(28)15-8-9-16(31-15)26(29)30/h1-10,17H,(H,25,27). The zero-order valence-corrected chi connectivity index (χ0v) is 16.5. The Bertz CT molecular complexity index is 1160. The van der Waals surface area contributed by atoms with Crippen LogP contribution in [0.15, 0.2) is 65.1 Å². The summed E-state index contributed by atoms with van der Waals surface area (Å²) in [6, 6.07) is 12.3. The van der Waals surface area contributed by atoms with Gasteiger partial charge in [0.25, 0.3) is 5.91 Å². The van der Waals surface area contributed by atoms with Gasteiger partial charge in [0.15, 0.2) is 0 Å². The van der Waals surface area contributed by atoms with E-state index in [4.69, 9.17) is 20.8 Å². The van der Waals surface area contributed by atoms with Crippen molar-refractivity contribution >= 4 is 35.0 Å². The van der Waals surface area contributed by atoms with Crippen LogP contribution in [-0.2, 0) is 15.7 Å². The first kappa shape index (κ1) is 22.8. The first-order valence-corrected chi connectivity index (χ1v) is 9.12. The largest absolute Gasteiger partial charge is 0.441 e. The predicted octanol–water partition coefficient (Wildman–Crippen LogP) is 5.40. The highest BCUT2D eigenvalue weighted by atomic mass is 35.5. The molecule has 0 radical (unpaired) electrons. The molecule has 1 heterocycles. The van der Waals surface area contributed by atoms with E-state index in [0.29, 0.717) is 6.07 Å². The highest BCUT2D eigenvalue weighted by Crippen LogP contribution is 2.36. The molecule has 3 rings (SSSR count). The van der Waals surface area contributed by atoms with Crippen LogP contribution in [0.25, 0.3) is 0 Å². The van der Waals surface area contributed by atoms with Crippen LogP contribution in [0.1, 0.15) is 27.8 Å². The highest BCUT2D eigenvalue weighted by Gasteiger charge is 2.34. The van der Waals surface area contributed by atoms with Gasteiger partial charge in [-0.15, -0.1) is 0 Å². The number of carbonyl (C=O) groups is 2. The summed E-state index contributed by atoms with van der Waals surface area (Å²) in [7, 11) is 0. The number of nitrogens with one attached hydrogen (secondary N) is 1. The maximum absolute atomic E-state index is 13.1. The fourth-order valence-electron chi connectivity index (χ4n) is 2.63. The molecule has 0 saturated heterocycles. The number of rotatable bonds is 6. The minimum atomic E-state index is -4.75. The van der Waals surface area contributed by atoms with Gasteiger partial charge in [-0.2, -0.15) is 13.2 Å². The Morgan fingerprint density at radius 2 is 1.78 bits per heavy atom. The van der Waals surface area contributed by atoms with Crippen molar-refractivity contribution in [3.8, 4) is 0 Å². The monoisotopic (exact) mass is 468 g/mol. The molecule has 1 unspecified atom stereocenters. The summed E-state index contributed by atoms with van der Waals surface area (Å²) in [4.78, 5) is 35.0. The van der Waals surface area contributed by atoms with Crippen LogP contribution in [0.5, 0.6) is 0 Å². The van der Waals surface area contributed by atoms with Gasteiger partial charge in [0.2, 0.25) is 11.9 Å². The van der Waals surface area contributed by atoms with E-state index in [9.17, 15) is 32.9 Å². The molecule has 3 aromatic rings. The van der Waals surface area contributed by atoms with Crippen molar-refractivity contribution in [3.05, 3.63) is 92.7 Å². The lowest BCUT2D eigenvalue weighted by atomic mass is 10.1. The Morgan fingerprint density at radius 1 is 1.09 bits per heavy atom. The third-order valence-corrected chi connectivity index (χ3v) is 4.41. The van der Waals surface area contributed by atoms with Crippen LogP contribution in [0.3, 0.4) is 0 Å². The van der Waals surface area contributed by atoms with E-state index in [1.807, 2.05) is 0 Å². The third kappa shape index (κ3) is 5.24. The molecule has 1 aromatic heterocycles. The van der Waals surface area contributed by atoms with Gasteiger partial charge < -0.3 is 14.5 Å². The van der Waals surface area contributed by atoms with E-state index < -0.39 is 51.3 Å². The van der Waals surface area contributed by atoms with Gasteiger partial charge in [0, 0.05) is 11.3 Å². The number of alkyl halides is 3. The van der Waals surface area contributed by atoms with Gasteiger partial charge in [-0.25, -0.2) is 4.79 Å². The molecule has 0 aliphatic carbocycles. The molecule has 0 spiro atoms. The summed E-state index contributed by atoms with van der Waals surface area (Å²) >= 11 is 5.58. The molecule has 0 fully saturated rings. The van der Waals surface area contributed by atoms with Crippen molar-refractivity contribution in [2.45, 2.75) is 12.3 Å². The van der Waals surface area contributed by atoms with Crippen molar-refractivity contribution in [3.63, 3.8) is 0 Å². The van der Waals surface area contributed by atoms with Crippen molar-refractivity contribution in [1.82, 2.24) is 0 Å². The zero-order valence-electron chi connectivity index (χ0n) is 15.8. The number of furan rings is 1. The second-order valence-corrected chi connectivity index (χ2v) is 6.68. The molecule has 1 amide bonds. The number of nitrogens with zero attached hydrogens (tertiary/aromatic N) is 1. The van der Waals surface area contributed by atoms with Crippen LogP contribution in [-0.4, -0.2) is 16.8 Å². The average Bonchev–Trinajstić information content (AvgIpc) is 3.24. The van der Waals surface area contributed by atoms with Crippen LogP contribution >= 0.6 is 11.6 Å². The normalized spacial score (nSPS) is 12.1. The second-order valence-electron chi connectivity index (χ2n) is 6.27. The fraction of sp³-hybridized carbons (Fsp3) is 0.100. The minimum Gasteiger partial charge on any atom is -0.441 e. The summed E-state index contributed by atoms with van der Waals surface area (Å²) < 4.78 is 49.2. The molecule has 0 bridgehead atoms. The molecule has 12 heteroatoms. The molecule has 1 atom stereocenters. The maximum atomic E-state index is 13.1. The lowest BCUT2D eigenvalue weighted by Crippen LogP contribution is -2.26. The number of anilines is 1. The molecule has 0 aliphatic rings. The molecule has 1 N–H and O–H groups in total. The van der Waals surface area contributed by atoms with E-state index in [-0.39, 0.29) is 11.3 Å². The van der Waals surface area contributed by atoms with Gasteiger partial charge in [-0.3, -0.25) is 14.9 Å². The van der Waals surface area contributed by atoms with Gasteiger partial charge in [-0.1, -0.05) is 41.9 Å². The average molecular weight is 469 g/mol. The number of ether oxygens (including phenoxy) is 1. The lowest BCUT2D eigenvalue weighted by Gasteiger charge is -2.18. The molecular formula is C20H12ClF3N2O6. The van der Waals surface area contributed by atoms with Crippen LogP contribution in [0.2, 0.25) is 5.02 Å². The van der Waals surface area contributed by atoms with Crippen molar-refractivity contribution in [2.24, 2.45) is 0 Å². The Kier molecular flexibility index (Phi) is 6.49. The summed E-state index contributed by atoms with van der Waals surface area (Å²) in [5.74, 6) is -3.40. The Morgan fingerprint density at radius 3 is 2.38 bits per heavy atom. The first-order chi connectivity index (χ1) is 15.1. The van der Waals surface area contributed by atoms with E-state index in [2.05, 4.69) is 5.32 Å². The van der Waals surface area contributed by atoms with E-state index in [0.717, 1.165) is 24.3 Å². The van der Waals surface area contributed by atoms with E-state index in [1.54, 1.807) is 18.2 Å². The van der Waals surface area contributed by atoms with Gasteiger partial charge >= 0.3 is 18.0 Å². The van der Waals surface area contributed by atoms with Crippen molar-refractivity contribution < 1.29 is 36.8 Å². The quantitative estimate of drug-likeness (QED) is 0.294. The predicted molar refractivity (Wildman–Crippen MR) is 105 cm³/mol. The lowest BCUT2D eigenvalue weighted by molar-refractivity contribution is -0.402. The number of esters is 1. The highest BCUT2D eigenvalue weighted by molar-refractivity contribution is 6.31. The van der Waals surface area contributed by atoms with Crippen LogP contribution in [0.4, 0.5) is 24.7 Å². The number of amides is 1. The molecule has 8 nitrogen and oxygen atoms in total. The summed E-state index contributed by atoms with van der Waals surface area (Å²) in [6.45, 7) is 0. The zero-order chi connectivity index (χ0) is 23.5. The maximum Gasteiger partial charge on any atom is 0.433 e. The van der Waals surface area contributed by atoms with Gasteiger partial charge in [-0.05, 0) is 24.3 Å². The Hall–Kier alpha value is -3.86. The molecule has 0 saturated carbocycles. The number of halogens is 4. The number of benzene rings is 2. The molecule has 32 heavy (non-hydrogen) atoms. The topological polar surface area (TPSA) is 112 Å². The third-order valence-electron chi connectivity index (χ3n) is 4.08. The van der Waals surface area contributed by atoms with Gasteiger partial charge in [0.05, 0.1) is 16.7 Å². The van der Waals surface area contributed by atoms with Gasteiger partial charge in [0.1, 0.15) is 4.92 Å². The molecule has 2 aromatic carbocycles. The Balaban J connectivity index is 1.87. The minimum absolute atomic E-state index is 0.199.